The second-order valence-corrected chi connectivity index (χ2v) is 10.9. The molecule has 16 heteroatoms. The molecule has 2 fully saturated rings. The molecule has 2 aromatic carbocycles. The van der Waals surface area contributed by atoms with Crippen molar-refractivity contribution in [3.63, 3.8) is 0 Å². The lowest BCUT2D eigenvalue weighted by molar-refractivity contribution is -0.720. The molecule has 230 valence electrons. The van der Waals surface area contributed by atoms with E-state index in [9.17, 15) is 34.6 Å². The Labute approximate surface area is 252 Å². The van der Waals surface area contributed by atoms with E-state index in [1.165, 1.54) is 48.5 Å². The standard InChI is InChI=1S/C27H32N5O10S/c33-25(24-2-1-16-32(24,43)26(34)41-18-20-3-7-22(8-4-20)30(36)37)29-13-11-28(12-14-29)15-17-40-27(35)42-19-21-5-9-23(10-6-21)31(38)39/h3-10,24,43H,1-2,11-19H2/q+1/t24-,32?/m1/s1. The van der Waals surface area contributed by atoms with Gasteiger partial charge in [-0.1, -0.05) is 0 Å². The van der Waals surface area contributed by atoms with Gasteiger partial charge in [-0.2, -0.15) is 8.68 Å². The van der Waals surface area contributed by atoms with Gasteiger partial charge < -0.3 is 19.1 Å². The second-order valence-electron chi connectivity index (χ2n) is 10.2. The monoisotopic (exact) mass is 618 g/mol. The van der Waals surface area contributed by atoms with Crippen LogP contribution in [0.2, 0.25) is 0 Å². The first-order chi connectivity index (χ1) is 20.6. The van der Waals surface area contributed by atoms with Crippen LogP contribution in [0.5, 0.6) is 0 Å². The number of piperazine rings is 1. The number of thiol groups is 1. The molecule has 43 heavy (non-hydrogen) atoms. The Balaban J connectivity index is 1.17. The summed E-state index contributed by atoms with van der Waals surface area (Å²) in [7, 11) is 0. The lowest BCUT2D eigenvalue weighted by Gasteiger charge is -2.37. The van der Waals surface area contributed by atoms with Crippen molar-refractivity contribution >= 4 is 42.3 Å². The van der Waals surface area contributed by atoms with E-state index in [1.54, 1.807) is 4.90 Å². The minimum Gasteiger partial charge on any atom is -0.433 e. The predicted octanol–water partition coefficient (Wildman–Crippen LogP) is 3.46. The minimum atomic E-state index is -0.850. The first-order valence-corrected chi connectivity index (χ1v) is 14.0. The van der Waals surface area contributed by atoms with E-state index in [2.05, 4.69) is 12.8 Å². The number of carbonyl (C=O) groups excluding carboxylic acids is 3. The topological polar surface area (TPSA) is 172 Å². The quantitative estimate of drug-likeness (QED) is 0.136. The smallest absolute Gasteiger partial charge is 0.433 e. The number of carbonyl (C=O) groups is 3. The molecule has 0 aromatic heterocycles. The molecular weight excluding hydrogens is 586 g/mol. The number of rotatable bonds is 10. The first-order valence-electron chi connectivity index (χ1n) is 13.6. The molecule has 0 spiro atoms. The summed E-state index contributed by atoms with van der Waals surface area (Å²) < 4.78 is 15.2. The fourth-order valence-corrected chi connectivity index (χ4v) is 5.36. The van der Waals surface area contributed by atoms with Gasteiger partial charge in [-0.15, -0.1) is 0 Å². The first kappa shape index (κ1) is 31.7. The molecular formula is C27H32N5O10S+. The fraction of sp³-hybridized carbons (Fsp3) is 0.444. The molecule has 2 aromatic rings. The van der Waals surface area contributed by atoms with Crippen molar-refractivity contribution < 1.29 is 42.3 Å². The number of likely N-dealkylation sites (tertiary alicyclic amines) is 1. The molecule has 0 saturated carbocycles. The molecule has 2 heterocycles. The third kappa shape index (κ3) is 8.18. The van der Waals surface area contributed by atoms with Gasteiger partial charge in [-0.05, 0) is 35.4 Å². The Kier molecular flexibility index (Phi) is 10.5. The van der Waals surface area contributed by atoms with Crippen molar-refractivity contribution in [1.29, 1.82) is 0 Å². The lowest BCUT2D eigenvalue weighted by Crippen LogP contribution is -2.58. The van der Waals surface area contributed by atoms with Crippen LogP contribution in [-0.4, -0.2) is 93.6 Å². The van der Waals surface area contributed by atoms with E-state index < -0.39 is 32.0 Å². The van der Waals surface area contributed by atoms with Crippen LogP contribution in [-0.2, 0) is 32.2 Å². The number of benzene rings is 2. The van der Waals surface area contributed by atoms with Crippen LogP contribution in [0.4, 0.5) is 21.0 Å². The zero-order valence-corrected chi connectivity index (χ0v) is 24.1. The predicted molar refractivity (Wildman–Crippen MR) is 153 cm³/mol. The minimum absolute atomic E-state index is 0.0558. The van der Waals surface area contributed by atoms with E-state index in [4.69, 9.17) is 14.2 Å². The normalized spacial score (nSPS) is 20.3. The fourth-order valence-electron chi connectivity index (χ4n) is 4.95. The zero-order chi connectivity index (χ0) is 31.0. The average Bonchev–Trinajstić information content (AvgIpc) is 3.41. The summed E-state index contributed by atoms with van der Waals surface area (Å²) in [5.41, 5.74) is 1.05. The Bertz CT molecular complexity index is 1330. The molecule has 2 aliphatic rings. The Morgan fingerprint density at radius 2 is 1.37 bits per heavy atom. The van der Waals surface area contributed by atoms with E-state index >= 15 is 0 Å². The number of amides is 2. The number of ether oxygens (including phenoxy) is 3. The third-order valence-corrected chi connectivity index (χ3v) is 8.06. The maximum Gasteiger partial charge on any atom is 0.528 e. The largest absolute Gasteiger partial charge is 0.528 e. The SMILES string of the molecule is O=C(OCCN1CCN(C(=O)[C@H]2CCC[N+]2(S)C(=O)OCc2ccc([N+](=O)[O-])cc2)CC1)OCc1ccc([N+](=O)[O-])cc1. The van der Waals surface area contributed by atoms with Crippen LogP contribution in [0.3, 0.4) is 0 Å². The molecule has 2 aliphatic heterocycles. The number of nitro groups is 2. The Morgan fingerprint density at radius 1 is 0.837 bits per heavy atom. The molecule has 4 rings (SSSR count). The van der Waals surface area contributed by atoms with Gasteiger partial charge in [0.05, 0.1) is 22.7 Å². The van der Waals surface area contributed by atoms with Crippen LogP contribution < -0.4 is 0 Å². The van der Waals surface area contributed by atoms with Crippen LogP contribution in [0.1, 0.15) is 24.0 Å². The molecule has 0 aliphatic carbocycles. The van der Waals surface area contributed by atoms with Gasteiger partial charge in [0.1, 0.15) is 26.4 Å². The van der Waals surface area contributed by atoms with Gasteiger partial charge in [-0.25, -0.2) is 4.79 Å². The number of nitrogens with zero attached hydrogens (tertiary/aromatic N) is 5. The Hall–Kier alpha value is -4.28. The lowest BCUT2D eigenvalue weighted by atomic mass is 10.1. The van der Waals surface area contributed by atoms with Crippen molar-refractivity contribution in [3.8, 4) is 0 Å². The molecule has 15 nitrogen and oxygen atoms in total. The van der Waals surface area contributed by atoms with Crippen molar-refractivity contribution in [1.82, 2.24) is 9.80 Å². The number of hydrogen-bond acceptors (Lipinski definition) is 12. The van der Waals surface area contributed by atoms with Crippen LogP contribution in [0.15, 0.2) is 48.5 Å². The summed E-state index contributed by atoms with van der Waals surface area (Å²) in [5.74, 6) is -0.175. The van der Waals surface area contributed by atoms with Gasteiger partial charge >= 0.3 is 12.2 Å². The number of nitro benzene ring substituents is 2. The summed E-state index contributed by atoms with van der Waals surface area (Å²) in [5, 5.41) is 21.5. The van der Waals surface area contributed by atoms with Crippen molar-refractivity contribution in [2.24, 2.45) is 0 Å². The maximum absolute atomic E-state index is 13.4. The van der Waals surface area contributed by atoms with E-state index in [0.29, 0.717) is 63.2 Å². The van der Waals surface area contributed by atoms with Gasteiger partial charge in [0, 0.05) is 69.8 Å². The van der Waals surface area contributed by atoms with Crippen LogP contribution in [0, 0.1) is 20.2 Å². The zero-order valence-electron chi connectivity index (χ0n) is 23.2. The number of hydrogen-bond donors (Lipinski definition) is 1. The van der Waals surface area contributed by atoms with E-state index in [0.717, 1.165) is 0 Å². The van der Waals surface area contributed by atoms with Gasteiger partial charge in [0.15, 0.2) is 6.04 Å². The van der Waals surface area contributed by atoms with Crippen molar-refractivity contribution in [3.05, 3.63) is 79.9 Å². The summed E-state index contributed by atoms with van der Waals surface area (Å²) in [6.07, 6.45) is -0.375. The summed E-state index contributed by atoms with van der Waals surface area (Å²) in [6.45, 7) is 2.69. The highest BCUT2D eigenvalue weighted by Crippen LogP contribution is 2.33. The van der Waals surface area contributed by atoms with Crippen LogP contribution in [0.25, 0.3) is 0 Å². The molecule has 0 radical (unpaired) electrons. The maximum atomic E-state index is 13.4. The van der Waals surface area contributed by atoms with Crippen molar-refractivity contribution in [2.45, 2.75) is 32.1 Å². The van der Waals surface area contributed by atoms with Gasteiger partial charge in [-0.3, -0.25) is 29.9 Å². The molecule has 0 N–H and O–H groups in total. The highest BCUT2D eigenvalue weighted by atomic mass is 32.1. The highest BCUT2D eigenvalue weighted by Gasteiger charge is 2.53. The molecule has 2 amide bonds. The number of non-ortho nitro benzene ring substituents is 2. The summed E-state index contributed by atoms with van der Waals surface area (Å²) in [6, 6.07) is 10.6. The van der Waals surface area contributed by atoms with E-state index in [1.807, 2.05) is 4.90 Å². The molecule has 0 bridgehead atoms. The summed E-state index contributed by atoms with van der Waals surface area (Å²) >= 11 is 4.58. The van der Waals surface area contributed by atoms with Crippen molar-refractivity contribution in [2.75, 3.05) is 45.9 Å². The average molecular weight is 619 g/mol. The van der Waals surface area contributed by atoms with Gasteiger partial charge in [0.25, 0.3) is 17.3 Å². The van der Waals surface area contributed by atoms with E-state index in [-0.39, 0.29) is 37.1 Å². The highest BCUT2D eigenvalue weighted by molar-refractivity contribution is 7.74. The molecule has 1 unspecified atom stereocenters. The molecule has 2 saturated heterocycles. The van der Waals surface area contributed by atoms with Gasteiger partial charge in [0.2, 0.25) is 0 Å². The van der Waals surface area contributed by atoms with Crippen LogP contribution >= 0.6 is 12.8 Å². The molecule has 2 atom stereocenters. The second kappa shape index (κ2) is 14.3. The number of quaternary nitrogens is 1. The third-order valence-electron chi connectivity index (χ3n) is 7.42. The summed E-state index contributed by atoms with van der Waals surface area (Å²) in [4.78, 5) is 62.6. The Morgan fingerprint density at radius 3 is 1.91 bits per heavy atom.